The number of carbonyl (C=O) groups is 1. The standard InChI is InChI=1S/C20H18ClN3OS/c21-16-4-5-18-17(12-16)23-20(26-18)15-7-10-24(11-8-15)19(25)6-3-14-2-1-9-22-13-14/h1-6,9,12-13,15H,7-8,10-11H2/b6-3+. The molecule has 4 nitrogen and oxygen atoms in total. The maximum atomic E-state index is 12.4. The number of nitrogens with zero attached hydrogens (tertiary/aromatic N) is 3. The third kappa shape index (κ3) is 3.79. The van der Waals surface area contributed by atoms with Gasteiger partial charge >= 0.3 is 0 Å². The van der Waals surface area contributed by atoms with E-state index in [1.807, 2.05) is 41.3 Å². The number of piperidine rings is 1. The lowest BCUT2D eigenvalue weighted by molar-refractivity contribution is -0.126. The smallest absolute Gasteiger partial charge is 0.246 e. The lowest BCUT2D eigenvalue weighted by Crippen LogP contribution is -2.36. The van der Waals surface area contributed by atoms with Crippen molar-refractivity contribution >= 4 is 45.1 Å². The molecule has 1 aromatic carbocycles. The monoisotopic (exact) mass is 383 g/mol. The molecule has 4 rings (SSSR count). The van der Waals surface area contributed by atoms with Crippen molar-refractivity contribution in [2.45, 2.75) is 18.8 Å². The van der Waals surface area contributed by atoms with Gasteiger partial charge in [0.2, 0.25) is 5.91 Å². The number of fused-ring (bicyclic) bond motifs is 1. The molecule has 3 aromatic rings. The fraction of sp³-hybridized carbons (Fsp3) is 0.250. The van der Waals surface area contributed by atoms with E-state index in [9.17, 15) is 4.79 Å². The Bertz CT molecular complexity index is 946. The lowest BCUT2D eigenvalue weighted by atomic mass is 9.97. The molecule has 0 N–H and O–H groups in total. The largest absolute Gasteiger partial charge is 0.339 e. The first-order chi connectivity index (χ1) is 12.7. The van der Waals surface area contributed by atoms with Crippen LogP contribution in [0.15, 0.2) is 48.8 Å². The van der Waals surface area contributed by atoms with E-state index in [2.05, 4.69) is 4.98 Å². The van der Waals surface area contributed by atoms with Crippen molar-refractivity contribution < 1.29 is 4.79 Å². The highest BCUT2D eigenvalue weighted by molar-refractivity contribution is 7.18. The summed E-state index contributed by atoms with van der Waals surface area (Å²) in [6.07, 6.45) is 8.81. The highest BCUT2D eigenvalue weighted by atomic mass is 35.5. The molecule has 0 spiro atoms. The summed E-state index contributed by atoms with van der Waals surface area (Å²) in [4.78, 5) is 23.1. The molecule has 0 bridgehead atoms. The third-order valence-corrected chi connectivity index (χ3v) is 6.06. The second-order valence-corrected chi connectivity index (χ2v) is 7.88. The van der Waals surface area contributed by atoms with Crippen molar-refractivity contribution in [2.75, 3.05) is 13.1 Å². The molecule has 6 heteroatoms. The van der Waals surface area contributed by atoms with Gasteiger partial charge in [-0.15, -0.1) is 11.3 Å². The van der Waals surface area contributed by atoms with Crippen LogP contribution in [0.5, 0.6) is 0 Å². The molecule has 1 fully saturated rings. The summed E-state index contributed by atoms with van der Waals surface area (Å²) in [5.41, 5.74) is 1.90. The molecule has 0 radical (unpaired) electrons. The van der Waals surface area contributed by atoms with Gasteiger partial charge in [-0.3, -0.25) is 9.78 Å². The molecule has 1 aliphatic heterocycles. The number of benzene rings is 1. The van der Waals surface area contributed by atoms with Crippen LogP contribution in [0.25, 0.3) is 16.3 Å². The van der Waals surface area contributed by atoms with Crippen LogP contribution >= 0.6 is 22.9 Å². The Labute approximate surface area is 161 Å². The Hall–Kier alpha value is -2.24. The first kappa shape index (κ1) is 17.2. The minimum Gasteiger partial charge on any atom is -0.339 e. The average Bonchev–Trinajstić information content (AvgIpc) is 3.10. The van der Waals surface area contributed by atoms with E-state index < -0.39 is 0 Å². The minimum atomic E-state index is 0.0587. The maximum Gasteiger partial charge on any atom is 0.246 e. The fourth-order valence-electron chi connectivity index (χ4n) is 3.19. The summed E-state index contributed by atoms with van der Waals surface area (Å²) in [7, 11) is 0. The Morgan fingerprint density at radius 1 is 1.27 bits per heavy atom. The number of hydrogen-bond acceptors (Lipinski definition) is 4. The molecule has 3 heterocycles. The van der Waals surface area contributed by atoms with Gasteiger partial charge < -0.3 is 4.90 Å². The highest BCUT2D eigenvalue weighted by Gasteiger charge is 2.25. The minimum absolute atomic E-state index is 0.0587. The molecule has 26 heavy (non-hydrogen) atoms. The van der Waals surface area contributed by atoms with E-state index in [0.717, 1.165) is 47.0 Å². The van der Waals surface area contributed by atoms with Crippen molar-refractivity contribution in [3.05, 3.63) is 64.4 Å². The Balaban J connectivity index is 1.38. The molecule has 0 aliphatic carbocycles. The molecule has 1 amide bonds. The van der Waals surface area contributed by atoms with Gasteiger partial charge in [0, 0.05) is 42.5 Å². The van der Waals surface area contributed by atoms with Crippen molar-refractivity contribution in [3.8, 4) is 0 Å². The maximum absolute atomic E-state index is 12.4. The number of halogens is 1. The molecule has 132 valence electrons. The Morgan fingerprint density at radius 2 is 2.12 bits per heavy atom. The van der Waals surface area contributed by atoms with Crippen molar-refractivity contribution in [1.82, 2.24) is 14.9 Å². The van der Waals surface area contributed by atoms with Crippen molar-refractivity contribution in [1.29, 1.82) is 0 Å². The lowest BCUT2D eigenvalue weighted by Gasteiger charge is -2.30. The molecule has 0 saturated carbocycles. The summed E-state index contributed by atoms with van der Waals surface area (Å²) in [6, 6.07) is 9.64. The number of aromatic nitrogens is 2. The summed E-state index contributed by atoms with van der Waals surface area (Å²) in [5, 5.41) is 1.87. The SMILES string of the molecule is O=C(/C=C/c1cccnc1)N1CCC(c2nc3cc(Cl)ccc3s2)CC1. The molecule has 1 saturated heterocycles. The van der Waals surface area contributed by atoms with Gasteiger partial charge in [0.05, 0.1) is 15.2 Å². The van der Waals surface area contributed by atoms with E-state index in [-0.39, 0.29) is 5.91 Å². The summed E-state index contributed by atoms with van der Waals surface area (Å²) in [5.74, 6) is 0.473. The Morgan fingerprint density at radius 3 is 2.88 bits per heavy atom. The van der Waals surface area contributed by atoms with Crippen LogP contribution in [0.4, 0.5) is 0 Å². The van der Waals surface area contributed by atoms with Crippen LogP contribution in [-0.2, 0) is 4.79 Å². The second kappa shape index (κ2) is 7.56. The molecule has 2 aromatic heterocycles. The van der Waals surface area contributed by atoms with Crippen LogP contribution in [0.1, 0.15) is 29.3 Å². The zero-order chi connectivity index (χ0) is 17.9. The molecule has 1 aliphatic rings. The molecule has 0 atom stereocenters. The number of carbonyl (C=O) groups excluding carboxylic acids is 1. The zero-order valence-corrected chi connectivity index (χ0v) is 15.7. The van der Waals surface area contributed by atoms with Crippen molar-refractivity contribution in [2.24, 2.45) is 0 Å². The van der Waals surface area contributed by atoms with Gasteiger partial charge in [0.1, 0.15) is 0 Å². The fourth-order valence-corrected chi connectivity index (χ4v) is 4.47. The normalized spacial score (nSPS) is 15.8. The summed E-state index contributed by atoms with van der Waals surface area (Å²) >= 11 is 7.79. The van der Waals surface area contributed by atoms with Gasteiger partial charge in [-0.2, -0.15) is 0 Å². The Kier molecular flexibility index (Phi) is 5.00. The number of amides is 1. The molecular formula is C20H18ClN3OS. The molecule has 0 unspecified atom stereocenters. The van der Waals surface area contributed by atoms with E-state index in [4.69, 9.17) is 16.6 Å². The number of thiazole rings is 1. The van der Waals surface area contributed by atoms with Gasteiger partial charge in [0.25, 0.3) is 0 Å². The number of rotatable bonds is 3. The molecular weight excluding hydrogens is 366 g/mol. The number of hydrogen-bond donors (Lipinski definition) is 0. The van der Waals surface area contributed by atoms with E-state index in [1.165, 1.54) is 4.70 Å². The van der Waals surface area contributed by atoms with E-state index in [1.54, 1.807) is 29.8 Å². The van der Waals surface area contributed by atoms with Gasteiger partial charge in [-0.1, -0.05) is 17.7 Å². The topological polar surface area (TPSA) is 46.1 Å². The van der Waals surface area contributed by atoms with Crippen molar-refractivity contribution in [3.63, 3.8) is 0 Å². The number of likely N-dealkylation sites (tertiary alicyclic amines) is 1. The van der Waals surface area contributed by atoms with E-state index >= 15 is 0 Å². The third-order valence-electron chi connectivity index (χ3n) is 4.62. The predicted molar refractivity (Wildman–Crippen MR) is 106 cm³/mol. The zero-order valence-electron chi connectivity index (χ0n) is 14.1. The van der Waals surface area contributed by atoms with Crippen LogP contribution in [0.2, 0.25) is 5.02 Å². The average molecular weight is 384 g/mol. The predicted octanol–water partition coefficient (Wildman–Crippen LogP) is 4.76. The second-order valence-electron chi connectivity index (χ2n) is 6.38. The number of pyridine rings is 1. The van der Waals surface area contributed by atoms with Crippen LogP contribution in [0, 0.1) is 0 Å². The summed E-state index contributed by atoms with van der Waals surface area (Å²) in [6.45, 7) is 1.52. The highest BCUT2D eigenvalue weighted by Crippen LogP contribution is 2.34. The van der Waals surface area contributed by atoms with Crippen LogP contribution in [-0.4, -0.2) is 33.9 Å². The van der Waals surface area contributed by atoms with E-state index in [0.29, 0.717) is 5.92 Å². The quantitative estimate of drug-likeness (QED) is 0.612. The van der Waals surface area contributed by atoms with Crippen LogP contribution in [0.3, 0.4) is 0 Å². The summed E-state index contributed by atoms with van der Waals surface area (Å²) < 4.78 is 1.17. The van der Waals surface area contributed by atoms with Crippen LogP contribution < -0.4 is 0 Å². The van der Waals surface area contributed by atoms with Gasteiger partial charge in [-0.25, -0.2) is 4.98 Å². The first-order valence-corrected chi connectivity index (χ1v) is 9.81. The van der Waals surface area contributed by atoms with Gasteiger partial charge in [-0.05, 0) is 48.7 Å². The van der Waals surface area contributed by atoms with Gasteiger partial charge in [0.15, 0.2) is 0 Å². The first-order valence-electron chi connectivity index (χ1n) is 8.62.